The Morgan fingerprint density at radius 3 is 2.71 bits per heavy atom. The Kier molecular flexibility index (Phi) is 2.95. The van der Waals surface area contributed by atoms with Crippen LogP contribution in [0.1, 0.15) is 22.8 Å². The van der Waals surface area contributed by atoms with E-state index < -0.39 is 5.97 Å². The predicted octanol–water partition coefficient (Wildman–Crippen LogP) is 1.78. The zero-order chi connectivity index (χ0) is 12.4. The number of esters is 1. The number of rotatable bonds is 2. The van der Waals surface area contributed by atoms with Gasteiger partial charge in [-0.2, -0.15) is 0 Å². The fraction of sp³-hybridized carbons (Fsp3) is 0.231. The van der Waals surface area contributed by atoms with Crippen LogP contribution in [0.3, 0.4) is 0 Å². The SMILES string of the molecule is CCOC(=O)c1ccc2ccc(C)cn2c1=O. The maximum Gasteiger partial charge on any atom is 0.343 e. The summed E-state index contributed by atoms with van der Waals surface area (Å²) in [7, 11) is 0. The highest BCUT2D eigenvalue weighted by Gasteiger charge is 2.12. The number of hydrogen-bond acceptors (Lipinski definition) is 3. The van der Waals surface area contributed by atoms with Crippen LogP contribution in [0.5, 0.6) is 0 Å². The highest BCUT2D eigenvalue weighted by molar-refractivity contribution is 5.89. The lowest BCUT2D eigenvalue weighted by Crippen LogP contribution is -2.23. The first kappa shape index (κ1) is 11.4. The third-order valence-electron chi connectivity index (χ3n) is 2.49. The minimum absolute atomic E-state index is 0.0648. The third-order valence-corrected chi connectivity index (χ3v) is 2.49. The highest BCUT2D eigenvalue weighted by Crippen LogP contribution is 2.05. The Hall–Kier alpha value is -2.10. The molecule has 0 aliphatic rings. The van der Waals surface area contributed by atoms with Gasteiger partial charge < -0.3 is 4.74 Å². The molecule has 0 radical (unpaired) electrons. The second-order valence-electron chi connectivity index (χ2n) is 3.77. The summed E-state index contributed by atoms with van der Waals surface area (Å²) >= 11 is 0. The van der Waals surface area contributed by atoms with E-state index in [4.69, 9.17) is 4.74 Å². The molecule has 4 heteroatoms. The molecule has 0 amide bonds. The van der Waals surface area contributed by atoms with E-state index in [1.54, 1.807) is 19.2 Å². The number of carbonyl (C=O) groups excluding carboxylic acids is 1. The van der Waals surface area contributed by atoms with E-state index >= 15 is 0 Å². The van der Waals surface area contributed by atoms with Crippen molar-refractivity contribution < 1.29 is 9.53 Å². The quantitative estimate of drug-likeness (QED) is 0.740. The molecule has 2 aromatic rings. The van der Waals surface area contributed by atoms with Crippen molar-refractivity contribution in [2.45, 2.75) is 13.8 Å². The minimum Gasteiger partial charge on any atom is -0.462 e. The minimum atomic E-state index is -0.576. The maximum atomic E-state index is 12.1. The van der Waals surface area contributed by atoms with E-state index in [1.165, 1.54) is 10.5 Å². The van der Waals surface area contributed by atoms with Gasteiger partial charge >= 0.3 is 5.97 Å². The van der Waals surface area contributed by atoms with Crippen molar-refractivity contribution in [2.24, 2.45) is 0 Å². The Morgan fingerprint density at radius 2 is 2.00 bits per heavy atom. The number of carbonyl (C=O) groups is 1. The highest BCUT2D eigenvalue weighted by atomic mass is 16.5. The molecule has 0 atom stereocenters. The number of nitrogens with zero attached hydrogens (tertiary/aromatic N) is 1. The fourth-order valence-electron chi connectivity index (χ4n) is 1.66. The van der Waals surface area contributed by atoms with Gasteiger partial charge in [0.25, 0.3) is 5.56 Å². The maximum absolute atomic E-state index is 12.1. The number of fused-ring (bicyclic) bond motifs is 1. The van der Waals surface area contributed by atoms with Crippen LogP contribution in [-0.4, -0.2) is 17.0 Å². The van der Waals surface area contributed by atoms with Gasteiger partial charge in [0.15, 0.2) is 0 Å². The topological polar surface area (TPSA) is 47.8 Å². The molecule has 0 spiro atoms. The molecule has 4 nitrogen and oxygen atoms in total. The lowest BCUT2D eigenvalue weighted by molar-refractivity contribution is 0.0524. The Morgan fingerprint density at radius 1 is 1.29 bits per heavy atom. The van der Waals surface area contributed by atoms with Gasteiger partial charge in [-0.15, -0.1) is 0 Å². The summed E-state index contributed by atoms with van der Waals surface area (Å²) < 4.78 is 6.30. The van der Waals surface area contributed by atoms with Crippen molar-refractivity contribution in [2.75, 3.05) is 6.61 Å². The third kappa shape index (κ3) is 2.06. The largest absolute Gasteiger partial charge is 0.462 e. The molecule has 88 valence electrons. The molecule has 0 N–H and O–H groups in total. The summed E-state index contributed by atoms with van der Waals surface area (Å²) in [5.74, 6) is -0.576. The summed E-state index contributed by atoms with van der Waals surface area (Å²) in [5.41, 5.74) is 1.44. The van der Waals surface area contributed by atoms with Crippen LogP contribution in [-0.2, 0) is 4.74 Å². The van der Waals surface area contributed by atoms with Crippen LogP contribution in [0, 0.1) is 6.92 Å². The molecule has 2 rings (SSSR count). The van der Waals surface area contributed by atoms with Crippen molar-refractivity contribution in [3.05, 3.63) is 51.9 Å². The number of ether oxygens (including phenoxy) is 1. The number of hydrogen-bond donors (Lipinski definition) is 0. The van der Waals surface area contributed by atoms with Crippen molar-refractivity contribution in [1.29, 1.82) is 0 Å². The standard InChI is InChI=1S/C13H13NO3/c1-3-17-13(16)11-7-6-10-5-4-9(2)8-14(10)12(11)15/h4-8H,3H2,1-2H3. The molecule has 0 bridgehead atoms. The lowest BCUT2D eigenvalue weighted by atomic mass is 10.2. The van der Waals surface area contributed by atoms with Gasteiger partial charge in [-0.3, -0.25) is 9.20 Å². The zero-order valence-corrected chi connectivity index (χ0v) is 9.77. The van der Waals surface area contributed by atoms with E-state index in [0.717, 1.165) is 11.1 Å². The Balaban J connectivity index is 2.65. The van der Waals surface area contributed by atoms with E-state index in [-0.39, 0.29) is 17.7 Å². The van der Waals surface area contributed by atoms with E-state index in [1.807, 2.05) is 19.1 Å². The van der Waals surface area contributed by atoms with Crippen molar-refractivity contribution >= 4 is 11.5 Å². The van der Waals surface area contributed by atoms with Crippen LogP contribution < -0.4 is 5.56 Å². The molecule has 0 saturated carbocycles. The van der Waals surface area contributed by atoms with Gasteiger partial charge in [-0.05, 0) is 37.6 Å². The van der Waals surface area contributed by atoms with Crippen LogP contribution in [0.25, 0.3) is 5.52 Å². The Labute approximate surface area is 98.5 Å². The molecule has 0 aliphatic carbocycles. The molecule has 2 aromatic heterocycles. The van der Waals surface area contributed by atoms with Gasteiger partial charge in [0, 0.05) is 11.7 Å². The van der Waals surface area contributed by atoms with Crippen molar-refractivity contribution in [3.8, 4) is 0 Å². The second kappa shape index (κ2) is 4.41. The summed E-state index contributed by atoms with van der Waals surface area (Å²) in [4.78, 5) is 23.6. The molecule has 0 fully saturated rings. The fourth-order valence-corrected chi connectivity index (χ4v) is 1.66. The average molecular weight is 231 g/mol. The summed E-state index contributed by atoms with van der Waals surface area (Å²) in [6, 6.07) is 6.99. The predicted molar refractivity (Wildman–Crippen MR) is 64.4 cm³/mol. The molecule has 17 heavy (non-hydrogen) atoms. The lowest BCUT2D eigenvalue weighted by Gasteiger charge is -2.05. The first-order valence-corrected chi connectivity index (χ1v) is 5.42. The average Bonchev–Trinajstić information content (AvgIpc) is 2.30. The van der Waals surface area contributed by atoms with Crippen LogP contribution >= 0.6 is 0 Å². The van der Waals surface area contributed by atoms with Crippen LogP contribution in [0.2, 0.25) is 0 Å². The first-order chi connectivity index (χ1) is 8.13. The van der Waals surface area contributed by atoms with E-state index in [0.29, 0.717) is 0 Å². The normalized spacial score (nSPS) is 10.5. The van der Waals surface area contributed by atoms with E-state index in [9.17, 15) is 9.59 Å². The first-order valence-electron chi connectivity index (χ1n) is 5.42. The van der Waals surface area contributed by atoms with Crippen molar-refractivity contribution in [1.82, 2.24) is 4.40 Å². The number of aryl methyl sites for hydroxylation is 1. The van der Waals surface area contributed by atoms with Crippen molar-refractivity contribution in [3.63, 3.8) is 0 Å². The van der Waals surface area contributed by atoms with Gasteiger partial charge in [-0.25, -0.2) is 4.79 Å². The summed E-state index contributed by atoms with van der Waals surface area (Å²) in [6.07, 6.45) is 1.71. The van der Waals surface area contributed by atoms with Gasteiger partial charge in [-0.1, -0.05) is 6.07 Å². The molecule has 0 aromatic carbocycles. The van der Waals surface area contributed by atoms with Gasteiger partial charge in [0.1, 0.15) is 5.56 Å². The Bertz CT molecular complexity index is 628. The molecular formula is C13H13NO3. The van der Waals surface area contributed by atoms with Gasteiger partial charge in [0.2, 0.25) is 0 Å². The monoisotopic (exact) mass is 231 g/mol. The zero-order valence-electron chi connectivity index (χ0n) is 9.77. The summed E-state index contributed by atoms with van der Waals surface area (Å²) in [6.45, 7) is 3.86. The smallest absolute Gasteiger partial charge is 0.343 e. The molecule has 2 heterocycles. The second-order valence-corrected chi connectivity index (χ2v) is 3.77. The van der Waals surface area contributed by atoms with Crippen LogP contribution in [0.15, 0.2) is 35.3 Å². The number of pyridine rings is 2. The molecule has 0 aliphatic heterocycles. The molecular weight excluding hydrogens is 218 g/mol. The summed E-state index contributed by atoms with van der Waals surface area (Å²) in [5, 5.41) is 0. The van der Waals surface area contributed by atoms with Gasteiger partial charge in [0.05, 0.1) is 6.61 Å². The van der Waals surface area contributed by atoms with E-state index in [2.05, 4.69) is 0 Å². The molecule has 0 saturated heterocycles. The number of aromatic nitrogens is 1. The van der Waals surface area contributed by atoms with Crippen LogP contribution in [0.4, 0.5) is 0 Å². The molecule has 0 unspecified atom stereocenters.